The maximum atomic E-state index is 12.7. The van der Waals surface area contributed by atoms with Crippen molar-refractivity contribution < 1.29 is 32.3 Å². The summed E-state index contributed by atoms with van der Waals surface area (Å²) in [5, 5.41) is 1.33. The van der Waals surface area contributed by atoms with Crippen LogP contribution >= 0.6 is 0 Å². The first-order chi connectivity index (χ1) is 14.2. The van der Waals surface area contributed by atoms with Crippen molar-refractivity contribution in [3.05, 3.63) is 48.0 Å². The van der Waals surface area contributed by atoms with Gasteiger partial charge in [0, 0.05) is 26.1 Å². The van der Waals surface area contributed by atoms with Crippen molar-refractivity contribution in [2.24, 2.45) is 5.92 Å². The maximum absolute atomic E-state index is 12.7. The van der Waals surface area contributed by atoms with Crippen LogP contribution in [0.2, 0.25) is 0 Å². The maximum Gasteiger partial charge on any atom is 0.416 e. The van der Waals surface area contributed by atoms with E-state index in [4.69, 9.17) is 9.57 Å². The van der Waals surface area contributed by atoms with Crippen molar-refractivity contribution in [2.75, 3.05) is 26.8 Å². The number of amides is 1. The van der Waals surface area contributed by atoms with Gasteiger partial charge in [0.1, 0.15) is 0 Å². The molecule has 9 heteroatoms. The van der Waals surface area contributed by atoms with E-state index in [1.165, 1.54) is 30.4 Å². The Bertz CT molecular complexity index is 786. The van der Waals surface area contributed by atoms with Crippen LogP contribution in [-0.2, 0) is 31.9 Å². The molecule has 2 fully saturated rings. The smallest absolute Gasteiger partial charge is 0.416 e. The van der Waals surface area contributed by atoms with Gasteiger partial charge in [0.05, 0.1) is 30.7 Å². The van der Waals surface area contributed by atoms with E-state index in [1.807, 2.05) is 0 Å². The van der Waals surface area contributed by atoms with Gasteiger partial charge in [-0.1, -0.05) is 18.2 Å². The molecule has 1 amide bonds. The SMILES string of the molecule is C=CCON1C(=O)C[C@H](C(=O)OC)C12CCN(Cc1ccc(C(F)(F)F)cc1)CC2. The van der Waals surface area contributed by atoms with E-state index in [2.05, 4.69) is 11.5 Å². The van der Waals surface area contributed by atoms with Gasteiger partial charge >= 0.3 is 12.1 Å². The van der Waals surface area contributed by atoms with Crippen LogP contribution in [-0.4, -0.2) is 54.2 Å². The highest BCUT2D eigenvalue weighted by molar-refractivity contribution is 5.88. The van der Waals surface area contributed by atoms with E-state index in [0.717, 1.165) is 17.7 Å². The highest BCUT2D eigenvalue weighted by atomic mass is 19.4. The third-order valence-electron chi connectivity index (χ3n) is 5.87. The van der Waals surface area contributed by atoms with Gasteiger partial charge in [-0.05, 0) is 30.5 Å². The molecule has 1 aromatic carbocycles. The summed E-state index contributed by atoms with van der Waals surface area (Å²) in [5.74, 6) is -1.32. The van der Waals surface area contributed by atoms with Crippen LogP contribution in [0, 0.1) is 5.92 Å². The molecule has 3 rings (SSSR count). The number of nitrogens with zero attached hydrogens (tertiary/aromatic N) is 2. The van der Waals surface area contributed by atoms with E-state index in [-0.39, 0.29) is 18.9 Å². The number of esters is 1. The average Bonchev–Trinajstić information content (AvgIpc) is 2.98. The summed E-state index contributed by atoms with van der Waals surface area (Å²) >= 11 is 0. The number of rotatable bonds is 6. The van der Waals surface area contributed by atoms with Gasteiger partial charge in [-0.3, -0.25) is 19.3 Å². The summed E-state index contributed by atoms with van der Waals surface area (Å²) in [6, 6.07) is 5.11. The number of methoxy groups -OCH3 is 1. The summed E-state index contributed by atoms with van der Waals surface area (Å²) in [4.78, 5) is 32.6. The number of ether oxygens (including phenoxy) is 1. The number of alkyl halides is 3. The molecule has 2 saturated heterocycles. The first kappa shape index (κ1) is 22.3. The third-order valence-corrected chi connectivity index (χ3v) is 5.87. The molecule has 0 bridgehead atoms. The zero-order valence-corrected chi connectivity index (χ0v) is 16.8. The first-order valence-electron chi connectivity index (χ1n) is 9.74. The number of hydrogen-bond donors (Lipinski definition) is 0. The van der Waals surface area contributed by atoms with Gasteiger partial charge in [0.2, 0.25) is 5.91 Å². The van der Waals surface area contributed by atoms with Crippen LogP contribution in [0.1, 0.15) is 30.4 Å². The van der Waals surface area contributed by atoms with Crippen LogP contribution in [0.25, 0.3) is 0 Å². The Morgan fingerprint density at radius 2 is 1.90 bits per heavy atom. The minimum Gasteiger partial charge on any atom is -0.469 e. The van der Waals surface area contributed by atoms with Crippen molar-refractivity contribution in [3.63, 3.8) is 0 Å². The number of carbonyl (C=O) groups excluding carboxylic acids is 2. The van der Waals surface area contributed by atoms with Crippen LogP contribution in [0.5, 0.6) is 0 Å². The normalized spacial score (nSPS) is 21.8. The van der Waals surface area contributed by atoms with Gasteiger partial charge < -0.3 is 4.74 Å². The Labute approximate surface area is 173 Å². The zero-order chi connectivity index (χ0) is 21.9. The molecule has 6 nitrogen and oxygen atoms in total. The number of hydroxylamine groups is 2. The summed E-state index contributed by atoms with van der Waals surface area (Å²) in [6.45, 7) is 5.36. The van der Waals surface area contributed by atoms with Gasteiger partial charge in [0.15, 0.2) is 0 Å². The molecule has 0 saturated carbocycles. The second-order valence-corrected chi connectivity index (χ2v) is 7.63. The molecule has 164 valence electrons. The predicted molar refractivity (Wildman–Crippen MR) is 102 cm³/mol. The van der Waals surface area contributed by atoms with Crippen molar-refractivity contribution in [2.45, 2.75) is 37.5 Å². The predicted octanol–water partition coefficient (Wildman–Crippen LogP) is 3.18. The number of likely N-dealkylation sites (tertiary alicyclic amines) is 1. The van der Waals surface area contributed by atoms with E-state index >= 15 is 0 Å². The zero-order valence-electron chi connectivity index (χ0n) is 16.8. The molecule has 0 aromatic heterocycles. The Kier molecular flexibility index (Phi) is 6.52. The Morgan fingerprint density at radius 3 is 2.43 bits per heavy atom. The summed E-state index contributed by atoms with van der Waals surface area (Å²) in [5.41, 5.74) is -0.695. The fraction of sp³-hybridized carbons (Fsp3) is 0.524. The molecule has 0 radical (unpaired) electrons. The van der Waals surface area contributed by atoms with Crippen molar-refractivity contribution in [1.82, 2.24) is 9.96 Å². The van der Waals surface area contributed by atoms with Gasteiger partial charge in [-0.2, -0.15) is 13.2 Å². The molecule has 2 aliphatic heterocycles. The lowest BCUT2D eigenvalue weighted by Gasteiger charge is -2.45. The number of halogens is 3. The second kappa shape index (κ2) is 8.77. The van der Waals surface area contributed by atoms with E-state index in [1.54, 1.807) is 0 Å². The number of hydrogen-bond acceptors (Lipinski definition) is 5. The second-order valence-electron chi connectivity index (χ2n) is 7.63. The molecule has 2 heterocycles. The molecule has 2 aliphatic rings. The molecule has 0 N–H and O–H groups in total. The van der Waals surface area contributed by atoms with Crippen molar-refractivity contribution >= 4 is 11.9 Å². The standard InChI is InChI=1S/C21H25F3N2O4/c1-3-12-30-26-18(27)13-17(19(28)29-2)20(26)8-10-25(11-9-20)14-15-4-6-16(7-5-15)21(22,23)24/h3-7,17H,1,8-14H2,2H3/t17-/m1/s1. The fourth-order valence-electron chi connectivity index (χ4n) is 4.32. The van der Waals surface area contributed by atoms with Crippen LogP contribution in [0.3, 0.4) is 0 Å². The summed E-state index contributed by atoms with van der Waals surface area (Å²) < 4.78 is 43.1. The molecule has 30 heavy (non-hydrogen) atoms. The lowest BCUT2D eigenvalue weighted by molar-refractivity contribution is -0.218. The molecule has 0 aliphatic carbocycles. The quantitative estimate of drug-likeness (QED) is 0.517. The Balaban J connectivity index is 1.70. The fourth-order valence-corrected chi connectivity index (χ4v) is 4.32. The topological polar surface area (TPSA) is 59.1 Å². The molecule has 1 atom stereocenters. The van der Waals surface area contributed by atoms with E-state index < -0.39 is 29.2 Å². The number of benzene rings is 1. The Morgan fingerprint density at radius 1 is 1.27 bits per heavy atom. The van der Waals surface area contributed by atoms with Crippen LogP contribution < -0.4 is 0 Å². The van der Waals surface area contributed by atoms with Crippen LogP contribution in [0.15, 0.2) is 36.9 Å². The summed E-state index contributed by atoms with van der Waals surface area (Å²) in [7, 11) is 1.30. The van der Waals surface area contributed by atoms with Crippen molar-refractivity contribution in [1.29, 1.82) is 0 Å². The van der Waals surface area contributed by atoms with E-state index in [0.29, 0.717) is 32.5 Å². The van der Waals surface area contributed by atoms with Gasteiger partial charge in [-0.25, -0.2) is 5.06 Å². The monoisotopic (exact) mass is 426 g/mol. The lowest BCUT2D eigenvalue weighted by atomic mass is 9.77. The molecule has 1 aromatic rings. The lowest BCUT2D eigenvalue weighted by Crippen LogP contribution is -2.57. The summed E-state index contributed by atoms with van der Waals surface area (Å²) in [6.07, 6.45) is -1.80. The highest BCUT2D eigenvalue weighted by Gasteiger charge is 2.58. The van der Waals surface area contributed by atoms with Crippen LogP contribution in [0.4, 0.5) is 13.2 Å². The number of carbonyl (C=O) groups is 2. The number of piperidine rings is 1. The largest absolute Gasteiger partial charge is 0.469 e. The molecular weight excluding hydrogens is 401 g/mol. The highest BCUT2D eigenvalue weighted by Crippen LogP contribution is 2.44. The molecule has 1 spiro atoms. The minimum atomic E-state index is -4.36. The average molecular weight is 426 g/mol. The first-order valence-corrected chi connectivity index (χ1v) is 9.74. The minimum absolute atomic E-state index is 0.0305. The van der Waals surface area contributed by atoms with E-state index in [9.17, 15) is 22.8 Å². The van der Waals surface area contributed by atoms with Gasteiger partial charge in [0.25, 0.3) is 0 Å². The van der Waals surface area contributed by atoms with Gasteiger partial charge in [-0.15, -0.1) is 6.58 Å². The molecule has 0 unspecified atom stereocenters. The Hall–Kier alpha value is -2.39. The third kappa shape index (κ3) is 4.37. The molecular formula is C21H25F3N2O4. The van der Waals surface area contributed by atoms with Crippen molar-refractivity contribution in [3.8, 4) is 0 Å².